The summed E-state index contributed by atoms with van der Waals surface area (Å²) in [7, 11) is 0.606. The summed E-state index contributed by atoms with van der Waals surface area (Å²) >= 11 is 0. The fraction of sp³-hybridized carbons (Fsp3) is 0.923. The van der Waals surface area contributed by atoms with Gasteiger partial charge in [-0.15, -0.1) is 24.0 Å². The van der Waals surface area contributed by atoms with Crippen LogP contribution in [-0.2, 0) is 14.6 Å². The van der Waals surface area contributed by atoms with Crippen molar-refractivity contribution in [2.75, 3.05) is 58.4 Å². The number of rotatable bonds is 6. The van der Waals surface area contributed by atoms with E-state index >= 15 is 0 Å². The molecule has 2 N–H and O–H groups in total. The van der Waals surface area contributed by atoms with Gasteiger partial charge >= 0.3 is 0 Å². The highest BCUT2D eigenvalue weighted by Crippen LogP contribution is 2.04. The first-order valence-electron chi connectivity index (χ1n) is 7.20. The van der Waals surface area contributed by atoms with Gasteiger partial charge in [-0.1, -0.05) is 0 Å². The molecule has 0 bridgehead atoms. The first kappa shape index (κ1) is 21.9. The molecule has 22 heavy (non-hydrogen) atoms. The molecule has 7 nitrogen and oxygen atoms in total. The highest BCUT2D eigenvalue weighted by Gasteiger charge is 2.21. The molecule has 0 aromatic heterocycles. The van der Waals surface area contributed by atoms with Crippen LogP contribution < -0.4 is 10.6 Å². The van der Waals surface area contributed by atoms with Crippen LogP contribution in [0, 0.1) is 0 Å². The van der Waals surface area contributed by atoms with E-state index < -0.39 is 9.84 Å². The SMILES string of the molecule is CN=C(NCCN1CCS(=O)(=O)CC1)NCC(C)(C)OC.I. The molecular weight excluding hydrogens is 419 g/mol. The Morgan fingerprint density at radius 3 is 2.36 bits per heavy atom. The van der Waals surface area contributed by atoms with Crippen molar-refractivity contribution in [1.82, 2.24) is 15.5 Å². The molecule has 1 rings (SSSR count). The molecule has 9 heteroatoms. The fourth-order valence-corrected chi connectivity index (χ4v) is 3.17. The van der Waals surface area contributed by atoms with Crippen LogP contribution in [0.25, 0.3) is 0 Å². The van der Waals surface area contributed by atoms with Gasteiger partial charge in [0.25, 0.3) is 0 Å². The average molecular weight is 448 g/mol. The molecule has 0 amide bonds. The molecule has 1 aliphatic rings. The van der Waals surface area contributed by atoms with Gasteiger partial charge in [-0.05, 0) is 13.8 Å². The third kappa shape index (κ3) is 8.49. The Morgan fingerprint density at radius 2 is 1.86 bits per heavy atom. The standard InChI is InChI=1S/C13H28N4O3S.HI/c1-13(2,20-4)11-16-12(14-3)15-5-6-17-7-9-21(18,19)10-8-17;/h5-11H2,1-4H3,(H2,14,15,16);1H. The van der Waals surface area contributed by atoms with Crippen molar-refractivity contribution in [1.29, 1.82) is 0 Å². The second kappa shape index (κ2) is 9.89. The minimum Gasteiger partial charge on any atom is -0.377 e. The molecule has 1 aliphatic heterocycles. The second-order valence-electron chi connectivity index (χ2n) is 5.81. The lowest BCUT2D eigenvalue weighted by Gasteiger charge is -2.27. The summed E-state index contributed by atoms with van der Waals surface area (Å²) in [4.78, 5) is 6.31. The predicted octanol–water partition coefficient (Wildman–Crippen LogP) is -0.0752. The van der Waals surface area contributed by atoms with E-state index in [0.717, 1.165) is 19.0 Å². The minimum atomic E-state index is -2.80. The van der Waals surface area contributed by atoms with Crippen LogP contribution in [0.5, 0.6) is 0 Å². The van der Waals surface area contributed by atoms with E-state index in [4.69, 9.17) is 4.74 Å². The van der Waals surface area contributed by atoms with E-state index in [2.05, 4.69) is 20.5 Å². The van der Waals surface area contributed by atoms with Gasteiger partial charge in [0.05, 0.1) is 17.1 Å². The van der Waals surface area contributed by atoms with E-state index in [0.29, 0.717) is 19.6 Å². The van der Waals surface area contributed by atoms with Gasteiger partial charge in [0.15, 0.2) is 15.8 Å². The van der Waals surface area contributed by atoms with Crippen molar-refractivity contribution in [3.63, 3.8) is 0 Å². The molecule has 0 aromatic rings. The van der Waals surface area contributed by atoms with Gasteiger partial charge in [-0.3, -0.25) is 9.89 Å². The van der Waals surface area contributed by atoms with Gasteiger partial charge < -0.3 is 15.4 Å². The number of hydrogen-bond acceptors (Lipinski definition) is 5. The molecule has 132 valence electrons. The Kier molecular flexibility index (Phi) is 9.83. The van der Waals surface area contributed by atoms with Crippen LogP contribution in [0.4, 0.5) is 0 Å². The molecule has 0 unspecified atom stereocenters. The summed E-state index contributed by atoms with van der Waals surface area (Å²) in [5, 5.41) is 6.44. The molecule has 0 aliphatic carbocycles. The van der Waals surface area contributed by atoms with Crippen molar-refractivity contribution < 1.29 is 13.2 Å². The summed E-state index contributed by atoms with van der Waals surface area (Å²) in [6.07, 6.45) is 0. The van der Waals surface area contributed by atoms with Crippen molar-refractivity contribution in [2.45, 2.75) is 19.4 Å². The summed E-state index contributed by atoms with van der Waals surface area (Å²) in [5.41, 5.74) is -0.251. The van der Waals surface area contributed by atoms with Crippen LogP contribution >= 0.6 is 24.0 Å². The molecule has 1 saturated heterocycles. The number of ether oxygens (including phenoxy) is 1. The number of nitrogens with one attached hydrogen (secondary N) is 2. The highest BCUT2D eigenvalue weighted by molar-refractivity contribution is 14.0. The third-order valence-electron chi connectivity index (χ3n) is 3.62. The minimum absolute atomic E-state index is 0. The zero-order valence-corrected chi connectivity index (χ0v) is 17.0. The Morgan fingerprint density at radius 1 is 1.27 bits per heavy atom. The normalized spacial score (nSPS) is 19.4. The lowest BCUT2D eigenvalue weighted by molar-refractivity contribution is 0.0268. The van der Waals surface area contributed by atoms with Gasteiger partial charge in [-0.2, -0.15) is 0 Å². The molecule has 0 aromatic carbocycles. The van der Waals surface area contributed by atoms with Crippen LogP contribution in [0.1, 0.15) is 13.8 Å². The largest absolute Gasteiger partial charge is 0.377 e. The summed E-state index contributed by atoms with van der Waals surface area (Å²) < 4.78 is 28.0. The van der Waals surface area contributed by atoms with Gasteiger partial charge in [0, 0.05) is 46.9 Å². The molecular formula is C13H29IN4O3S. The predicted molar refractivity (Wildman–Crippen MR) is 101 cm³/mol. The second-order valence-corrected chi connectivity index (χ2v) is 8.11. The van der Waals surface area contributed by atoms with E-state index in [1.165, 1.54) is 0 Å². The van der Waals surface area contributed by atoms with Crippen LogP contribution in [-0.4, -0.2) is 83.3 Å². The lowest BCUT2D eigenvalue weighted by atomic mass is 10.1. The number of nitrogens with zero attached hydrogens (tertiary/aromatic N) is 2. The van der Waals surface area contributed by atoms with Crippen molar-refractivity contribution >= 4 is 39.8 Å². The van der Waals surface area contributed by atoms with Gasteiger partial charge in [0.2, 0.25) is 0 Å². The van der Waals surface area contributed by atoms with Crippen LogP contribution in [0.3, 0.4) is 0 Å². The molecule has 1 fully saturated rings. The van der Waals surface area contributed by atoms with E-state index in [1.807, 2.05) is 13.8 Å². The molecule has 0 saturated carbocycles. The van der Waals surface area contributed by atoms with Gasteiger partial charge in [-0.25, -0.2) is 8.42 Å². The van der Waals surface area contributed by atoms with E-state index in [-0.39, 0.29) is 41.1 Å². The number of halogens is 1. The van der Waals surface area contributed by atoms with Crippen molar-refractivity contribution in [3.05, 3.63) is 0 Å². The van der Waals surface area contributed by atoms with Crippen LogP contribution in [0.2, 0.25) is 0 Å². The smallest absolute Gasteiger partial charge is 0.191 e. The fourth-order valence-electron chi connectivity index (χ4n) is 1.90. The summed E-state index contributed by atoms with van der Waals surface area (Å²) in [6, 6.07) is 0. The zero-order chi connectivity index (χ0) is 15.9. The Bertz CT molecular complexity index is 440. The number of methoxy groups -OCH3 is 1. The Labute approximate surface area is 151 Å². The first-order valence-corrected chi connectivity index (χ1v) is 9.02. The number of aliphatic imine (C=N–C) groups is 1. The topological polar surface area (TPSA) is 83.0 Å². The maximum Gasteiger partial charge on any atom is 0.191 e. The monoisotopic (exact) mass is 448 g/mol. The lowest BCUT2D eigenvalue weighted by Crippen LogP contribution is -2.48. The van der Waals surface area contributed by atoms with Crippen molar-refractivity contribution in [2.24, 2.45) is 4.99 Å². The molecule has 0 spiro atoms. The first-order chi connectivity index (χ1) is 9.78. The molecule has 0 radical (unpaired) electrons. The van der Waals surface area contributed by atoms with E-state index in [9.17, 15) is 8.42 Å². The maximum atomic E-state index is 11.3. The van der Waals surface area contributed by atoms with E-state index in [1.54, 1.807) is 14.2 Å². The zero-order valence-electron chi connectivity index (χ0n) is 13.9. The third-order valence-corrected chi connectivity index (χ3v) is 5.22. The highest BCUT2D eigenvalue weighted by atomic mass is 127. The summed E-state index contributed by atoms with van der Waals surface area (Å²) in [5.74, 6) is 1.26. The van der Waals surface area contributed by atoms with Gasteiger partial charge in [0.1, 0.15) is 0 Å². The molecule has 0 atom stereocenters. The number of guanidine groups is 1. The van der Waals surface area contributed by atoms with Crippen LogP contribution in [0.15, 0.2) is 4.99 Å². The Balaban J connectivity index is 0.00000441. The summed E-state index contributed by atoms with van der Waals surface area (Å²) in [6.45, 7) is 7.44. The number of sulfone groups is 1. The van der Waals surface area contributed by atoms with Crippen molar-refractivity contribution in [3.8, 4) is 0 Å². The quantitative estimate of drug-likeness (QED) is 0.336. The maximum absolute atomic E-state index is 11.3. The molecule has 1 heterocycles. The Hall–Kier alpha value is -0.130. The average Bonchev–Trinajstić information content (AvgIpc) is 2.44. The number of hydrogen-bond donors (Lipinski definition) is 2.